The summed E-state index contributed by atoms with van der Waals surface area (Å²) in [4.78, 5) is 22.9. The van der Waals surface area contributed by atoms with Crippen LogP contribution in [-0.2, 0) is 9.59 Å². The van der Waals surface area contributed by atoms with Crippen LogP contribution in [0.25, 0.3) is 0 Å². The Morgan fingerprint density at radius 3 is 1.16 bits per heavy atom. The highest BCUT2D eigenvalue weighted by atomic mass is 16.4. The molecule has 2 aliphatic rings. The zero-order valence-corrected chi connectivity index (χ0v) is 24.7. The topological polar surface area (TPSA) is 115 Å². The molecule has 2 aliphatic carbocycles. The van der Waals surface area contributed by atoms with E-state index in [-0.39, 0.29) is 10.8 Å². The average Bonchev–Trinajstić information content (AvgIpc) is 2.76. The fourth-order valence-corrected chi connectivity index (χ4v) is 5.59. The van der Waals surface area contributed by atoms with Gasteiger partial charge in [0.2, 0.25) is 0 Å². The number of aliphatic carboxylic acids is 2. The Morgan fingerprint density at radius 1 is 0.632 bits per heavy atom. The van der Waals surface area contributed by atoms with Gasteiger partial charge in [-0.1, -0.05) is 52.0 Å². The van der Waals surface area contributed by atoms with Gasteiger partial charge in [0.15, 0.2) is 0 Å². The molecule has 0 amide bonds. The Bertz CT molecular complexity index is 937. The molecule has 0 saturated carbocycles. The molecule has 0 aromatic heterocycles. The molecule has 0 spiro atoms. The summed E-state index contributed by atoms with van der Waals surface area (Å²) in [6, 6.07) is 0. The van der Waals surface area contributed by atoms with E-state index in [1.54, 1.807) is 27.7 Å². The van der Waals surface area contributed by atoms with E-state index < -0.39 is 35.0 Å². The van der Waals surface area contributed by atoms with Gasteiger partial charge in [0.1, 0.15) is 0 Å². The largest absolute Gasteiger partial charge is 0.481 e. The molecule has 0 radical (unpaired) electrons. The molecule has 38 heavy (non-hydrogen) atoms. The number of allylic oxidation sites excluding steroid dienone is 4. The third-order valence-electron chi connectivity index (χ3n) is 8.03. The van der Waals surface area contributed by atoms with Crippen LogP contribution in [0.3, 0.4) is 0 Å². The fraction of sp³-hybridized carbons (Fsp3) is 0.688. The third kappa shape index (κ3) is 8.67. The van der Waals surface area contributed by atoms with E-state index in [2.05, 4.69) is 52.0 Å². The van der Waals surface area contributed by atoms with Gasteiger partial charge in [0.25, 0.3) is 0 Å². The summed E-state index contributed by atoms with van der Waals surface area (Å²) in [7, 11) is 0. The van der Waals surface area contributed by atoms with Crippen LogP contribution in [0.4, 0.5) is 0 Å². The van der Waals surface area contributed by atoms with Crippen LogP contribution in [-0.4, -0.2) is 44.6 Å². The lowest BCUT2D eigenvalue weighted by atomic mass is 9.74. The van der Waals surface area contributed by atoms with Crippen LogP contribution in [0, 0.1) is 21.7 Å². The second-order valence-electron chi connectivity index (χ2n) is 13.9. The van der Waals surface area contributed by atoms with Gasteiger partial charge >= 0.3 is 11.9 Å². The van der Waals surface area contributed by atoms with Gasteiger partial charge in [-0.3, -0.25) is 9.59 Å². The maximum absolute atomic E-state index is 11.5. The summed E-state index contributed by atoms with van der Waals surface area (Å²) >= 11 is 0. The smallest absolute Gasteiger partial charge is 0.309 e. The van der Waals surface area contributed by atoms with Gasteiger partial charge in [0, 0.05) is 10.8 Å². The molecule has 2 unspecified atom stereocenters. The van der Waals surface area contributed by atoms with Crippen molar-refractivity contribution >= 4 is 11.9 Å². The minimum atomic E-state index is -0.808. The third-order valence-corrected chi connectivity index (χ3v) is 8.03. The molecule has 0 heterocycles. The van der Waals surface area contributed by atoms with Crippen molar-refractivity contribution in [3.63, 3.8) is 0 Å². The molecule has 0 bridgehead atoms. The first-order chi connectivity index (χ1) is 17.3. The molecule has 214 valence electrons. The number of hydrogen-bond donors (Lipinski definition) is 4. The number of carboxylic acids is 2. The molecule has 2 atom stereocenters. The Kier molecular flexibility index (Phi) is 10.0. The number of aliphatic hydroxyl groups is 2. The number of carbonyl (C=O) groups is 2. The Balaban J connectivity index is 2.06. The van der Waals surface area contributed by atoms with E-state index in [4.69, 9.17) is 0 Å². The maximum Gasteiger partial charge on any atom is 0.309 e. The summed E-state index contributed by atoms with van der Waals surface area (Å²) in [6.07, 6.45) is 12.1. The first-order valence-electron chi connectivity index (χ1n) is 14.0. The van der Waals surface area contributed by atoms with Crippen LogP contribution in [0.5, 0.6) is 0 Å². The molecule has 4 N–H and O–H groups in total. The molecule has 0 fully saturated rings. The minimum absolute atomic E-state index is 0.215. The lowest BCUT2D eigenvalue weighted by Gasteiger charge is -2.33. The molecule has 2 rings (SSSR count). The fourth-order valence-electron chi connectivity index (χ4n) is 5.59. The van der Waals surface area contributed by atoms with Crippen LogP contribution in [0.15, 0.2) is 46.6 Å². The predicted octanol–water partition coefficient (Wildman–Crippen LogP) is 6.84. The molecule has 0 aliphatic heterocycles. The van der Waals surface area contributed by atoms with Gasteiger partial charge < -0.3 is 20.4 Å². The van der Waals surface area contributed by atoms with E-state index in [1.807, 2.05) is 0 Å². The Morgan fingerprint density at radius 2 is 0.895 bits per heavy atom. The van der Waals surface area contributed by atoms with Gasteiger partial charge in [-0.15, -0.1) is 0 Å². The maximum atomic E-state index is 11.5. The van der Waals surface area contributed by atoms with E-state index in [0.29, 0.717) is 51.4 Å². The molecule has 0 aromatic carbocycles. The SMILES string of the molecule is CC1(C)C=C(CCCC(C)(C)C(=O)O)C(O)C(CCC2=CC(C)(C)C=C(CCCC(C)(C)C(=O)O)C2O)=C1. The van der Waals surface area contributed by atoms with Crippen LogP contribution < -0.4 is 0 Å². The normalized spacial score (nSPS) is 23.2. The minimum Gasteiger partial charge on any atom is -0.481 e. The first-order valence-corrected chi connectivity index (χ1v) is 14.0. The quantitative estimate of drug-likeness (QED) is 0.194. The first kappa shape index (κ1) is 32.0. The van der Waals surface area contributed by atoms with E-state index in [1.165, 1.54) is 0 Å². The second kappa shape index (κ2) is 11.9. The number of rotatable bonds is 13. The van der Waals surface area contributed by atoms with Crippen molar-refractivity contribution in [2.24, 2.45) is 21.7 Å². The van der Waals surface area contributed by atoms with Crippen LogP contribution >= 0.6 is 0 Å². The lowest BCUT2D eigenvalue weighted by molar-refractivity contribution is -0.148. The van der Waals surface area contributed by atoms with Crippen molar-refractivity contribution in [3.8, 4) is 0 Å². The zero-order chi connectivity index (χ0) is 29.1. The zero-order valence-electron chi connectivity index (χ0n) is 24.7. The van der Waals surface area contributed by atoms with E-state index in [9.17, 15) is 30.0 Å². The Hall–Kier alpha value is -2.18. The summed E-state index contributed by atoms with van der Waals surface area (Å²) in [5, 5.41) is 41.2. The standard InChI is InChI=1S/C32H50O6/c1-29(2)17-21(11-9-15-31(5,6)27(35)36)25(33)23(19-29)13-14-24-20-30(3,4)18-22(26(24)34)12-10-16-32(7,8)28(37)38/h17-20,25-26,33-34H,9-16H2,1-8H3,(H,35,36)(H,37,38). The highest BCUT2D eigenvalue weighted by Gasteiger charge is 2.32. The van der Waals surface area contributed by atoms with Crippen molar-refractivity contribution in [3.05, 3.63) is 46.6 Å². The highest BCUT2D eigenvalue weighted by molar-refractivity contribution is 5.73. The van der Waals surface area contributed by atoms with Crippen LogP contribution in [0.2, 0.25) is 0 Å². The molecule has 0 saturated heterocycles. The summed E-state index contributed by atoms with van der Waals surface area (Å²) in [5.74, 6) is -1.62. The van der Waals surface area contributed by atoms with Crippen molar-refractivity contribution in [2.45, 2.75) is 119 Å². The van der Waals surface area contributed by atoms with Crippen molar-refractivity contribution in [1.82, 2.24) is 0 Å². The van der Waals surface area contributed by atoms with E-state index in [0.717, 1.165) is 22.3 Å². The van der Waals surface area contributed by atoms with Gasteiger partial charge in [0.05, 0.1) is 23.0 Å². The molecule has 6 nitrogen and oxygen atoms in total. The second-order valence-corrected chi connectivity index (χ2v) is 13.9. The van der Waals surface area contributed by atoms with Gasteiger partial charge in [-0.25, -0.2) is 0 Å². The highest BCUT2D eigenvalue weighted by Crippen LogP contribution is 2.40. The molecular weight excluding hydrogens is 480 g/mol. The monoisotopic (exact) mass is 530 g/mol. The summed E-state index contributed by atoms with van der Waals surface area (Å²) in [5.41, 5.74) is 1.74. The summed E-state index contributed by atoms with van der Waals surface area (Å²) in [6.45, 7) is 15.4. The molecular formula is C32H50O6. The van der Waals surface area contributed by atoms with Crippen LogP contribution in [0.1, 0.15) is 107 Å². The number of hydrogen-bond acceptors (Lipinski definition) is 4. The van der Waals surface area contributed by atoms with Gasteiger partial charge in [-0.05, 0) is 101 Å². The molecule has 6 heteroatoms. The van der Waals surface area contributed by atoms with Crippen molar-refractivity contribution in [2.75, 3.05) is 0 Å². The van der Waals surface area contributed by atoms with Gasteiger partial charge in [-0.2, -0.15) is 0 Å². The molecule has 0 aromatic rings. The average molecular weight is 531 g/mol. The van der Waals surface area contributed by atoms with E-state index >= 15 is 0 Å². The summed E-state index contributed by atoms with van der Waals surface area (Å²) < 4.78 is 0. The predicted molar refractivity (Wildman–Crippen MR) is 152 cm³/mol. The van der Waals surface area contributed by atoms with Crippen molar-refractivity contribution in [1.29, 1.82) is 0 Å². The number of carboxylic acid groups (broad SMARTS) is 2. The van der Waals surface area contributed by atoms with Crippen molar-refractivity contribution < 1.29 is 30.0 Å². The Labute approximate surface area is 229 Å². The number of aliphatic hydroxyl groups excluding tert-OH is 2. The lowest BCUT2D eigenvalue weighted by Crippen LogP contribution is -2.27.